The van der Waals surface area contributed by atoms with Crippen LogP contribution in [0, 0.1) is 6.92 Å². The molecule has 0 aromatic heterocycles. The van der Waals surface area contributed by atoms with Crippen LogP contribution in [0.3, 0.4) is 0 Å². The Kier molecular flexibility index (Phi) is 3.82. The van der Waals surface area contributed by atoms with Gasteiger partial charge in [-0.25, -0.2) is 0 Å². The highest BCUT2D eigenvalue weighted by molar-refractivity contribution is 7.86. The minimum absolute atomic E-state index is 0.149. The Hall–Kier alpha value is -0.940. The van der Waals surface area contributed by atoms with E-state index in [2.05, 4.69) is 0 Å². The molecule has 1 N–H and O–H groups in total. The Morgan fingerprint density at radius 2 is 2.00 bits per heavy atom. The maximum atomic E-state index is 12.3. The van der Waals surface area contributed by atoms with Crippen LogP contribution >= 0.6 is 0 Å². The lowest BCUT2D eigenvalue weighted by Crippen LogP contribution is -2.20. The van der Waals surface area contributed by atoms with Gasteiger partial charge >= 0.3 is 10.2 Å². The molecule has 15 heavy (non-hydrogen) atoms. The Labute approximate surface area is 88.8 Å². The average Bonchev–Trinajstić information content (AvgIpc) is 2.05. The summed E-state index contributed by atoms with van der Waals surface area (Å²) in [7, 11) is -4.61. The number of halogens is 1. The first kappa shape index (κ1) is 12.1. The maximum absolute atomic E-state index is 12.3. The van der Waals surface area contributed by atoms with Gasteiger partial charge in [-0.15, -0.1) is 3.89 Å². The van der Waals surface area contributed by atoms with Gasteiger partial charge in [0.15, 0.2) is 0 Å². The van der Waals surface area contributed by atoms with Crippen molar-refractivity contribution < 1.29 is 17.4 Å². The molecule has 0 bridgehead atoms. The van der Waals surface area contributed by atoms with Gasteiger partial charge in [0.1, 0.15) is 5.75 Å². The fourth-order valence-corrected chi connectivity index (χ4v) is 1.96. The Morgan fingerprint density at radius 1 is 1.40 bits per heavy atom. The molecule has 0 aliphatic heterocycles. The highest BCUT2D eigenvalue weighted by atomic mass is 32.3. The van der Waals surface area contributed by atoms with Crippen molar-refractivity contribution in [1.29, 1.82) is 0 Å². The normalized spacial score (nSPS) is 13.8. The van der Waals surface area contributed by atoms with Crippen LogP contribution in [0.1, 0.15) is 11.1 Å². The molecule has 1 unspecified atom stereocenters. The van der Waals surface area contributed by atoms with Crippen molar-refractivity contribution in [3.05, 3.63) is 35.4 Å². The van der Waals surface area contributed by atoms with E-state index in [1.807, 2.05) is 19.1 Å². The molecule has 0 aliphatic carbocycles. The van der Waals surface area contributed by atoms with Gasteiger partial charge in [-0.05, 0) is 24.5 Å². The zero-order valence-electron chi connectivity index (χ0n) is 8.35. The van der Waals surface area contributed by atoms with E-state index in [0.717, 1.165) is 11.1 Å². The van der Waals surface area contributed by atoms with Crippen molar-refractivity contribution in [2.24, 2.45) is 0 Å². The molecular weight excluding hydrogens is 219 g/mol. The first-order valence-corrected chi connectivity index (χ1v) is 6.08. The van der Waals surface area contributed by atoms with Gasteiger partial charge in [0.05, 0.1) is 6.10 Å². The summed E-state index contributed by atoms with van der Waals surface area (Å²) in [4.78, 5) is 0. The molecule has 0 saturated heterocycles. The summed E-state index contributed by atoms with van der Waals surface area (Å²) in [5, 5.41) is 9.34. The van der Waals surface area contributed by atoms with Crippen molar-refractivity contribution in [2.45, 2.75) is 19.4 Å². The molecule has 1 aromatic rings. The number of hydrogen-bond acceptors (Lipinski definition) is 3. The fourth-order valence-electron chi connectivity index (χ4n) is 1.38. The zero-order valence-corrected chi connectivity index (χ0v) is 9.17. The van der Waals surface area contributed by atoms with Gasteiger partial charge in [0.2, 0.25) is 0 Å². The molecule has 5 heteroatoms. The summed E-state index contributed by atoms with van der Waals surface area (Å²) in [5.74, 6) is -0.846. The molecule has 0 fully saturated rings. The first-order valence-electron chi connectivity index (χ1n) is 4.53. The van der Waals surface area contributed by atoms with E-state index in [9.17, 15) is 17.4 Å². The number of benzene rings is 1. The predicted molar refractivity (Wildman–Crippen MR) is 55.8 cm³/mol. The zero-order chi connectivity index (χ0) is 11.5. The van der Waals surface area contributed by atoms with Gasteiger partial charge in [-0.2, -0.15) is 8.42 Å². The van der Waals surface area contributed by atoms with Gasteiger partial charge in [-0.1, -0.05) is 24.3 Å². The Morgan fingerprint density at radius 3 is 2.53 bits per heavy atom. The van der Waals surface area contributed by atoms with Crippen LogP contribution in [-0.4, -0.2) is 25.4 Å². The van der Waals surface area contributed by atoms with Crippen molar-refractivity contribution in [2.75, 3.05) is 5.75 Å². The Balaban J connectivity index is 2.67. The molecule has 0 radical (unpaired) electrons. The molecule has 0 heterocycles. The molecule has 1 atom stereocenters. The SMILES string of the molecule is Cc1ccccc1CC(O)CS(=O)(=O)F. The third-order valence-electron chi connectivity index (χ3n) is 2.11. The monoisotopic (exact) mass is 232 g/mol. The summed E-state index contributed by atoms with van der Waals surface area (Å²) in [6, 6.07) is 7.27. The number of hydrogen-bond donors (Lipinski definition) is 1. The lowest BCUT2D eigenvalue weighted by Gasteiger charge is -2.09. The van der Waals surface area contributed by atoms with Crippen molar-refractivity contribution in [3.63, 3.8) is 0 Å². The quantitative estimate of drug-likeness (QED) is 0.793. The van der Waals surface area contributed by atoms with Gasteiger partial charge in [0.25, 0.3) is 0 Å². The maximum Gasteiger partial charge on any atom is 0.304 e. The van der Waals surface area contributed by atoms with Crippen molar-refractivity contribution in [3.8, 4) is 0 Å². The third kappa shape index (κ3) is 4.40. The van der Waals surface area contributed by atoms with Crippen LogP contribution in [0.2, 0.25) is 0 Å². The standard InChI is InChI=1S/C10H13FO3S/c1-8-4-2-3-5-9(8)6-10(12)7-15(11,13)14/h2-5,10,12H,6-7H2,1H3. The number of aliphatic hydroxyl groups excluding tert-OH is 1. The summed E-state index contributed by atoms with van der Waals surface area (Å²) in [5.41, 5.74) is 1.78. The van der Waals surface area contributed by atoms with Crippen molar-refractivity contribution >= 4 is 10.2 Å². The smallest absolute Gasteiger partial charge is 0.304 e. The topological polar surface area (TPSA) is 54.4 Å². The van der Waals surface area contributed by atoms with Crippen molar-refractivity contribution in [1.82, 2.24) is 0 Å². The van der Waals surface area contributed by atoms with Crippen LogP contribution in [0.25, 0.3) is 0 Å². The largest absolute Gasteiger partial charge is 0.392 e. The first-order chi connectivity index (χ1) is 6.88. The van der Waals surface area contributed by atoms with E-state index in [1.165, 1.54) is 0 Å². The molecule has 0 saturated carbocycles. The van der Waals surface area contributed by atoms with Gasteiger partial charge < -0.3 is 5.11 Å². The second-order valence-electron chi connectivity index (χ2n) is 3.49. The van der Waals surface area contributed by atoms with E-state index in [4.69, 9.17) is 0 Å². The molecule has 0 aliphatic rings. The van der Waals surface area contributed by atoms with E-state index >= 15 is 0 Å². The molecule has 1 rings (SSSR count). The van der Waals surface area contributed by atoms with E-state index in [1.54, 1.807) is 12.1 Å². The number of aliphatic hydroxyl groups is 1. The molecule has 84 valence electrons. The van der Waals surface area contributed by atoms with Crippen LogP contribution in [0.4, 0.5) is 3.89 Å². The van der Waals surface area contributed by atoms with Crippen LogP contribution < -0.4 is 0 Å². The summed E-state index contributed by atoms with van der Waals surface area (Å²) in [6.45, 7) is 1.85. The molecule has 0 amide bonds. The van der Waals surface area contributed by atoms with E-state index in [0.29, 0.717) is 0 Å². The predicted octanol–water partition coefficient (Wildman–Crippen LogP) is 1.20. The minimum atomic E-state index is -4.61. The molecule has 1 aromatic carbocycles. The highest BCUT2D eigenvalue weighted by Gasteiger charge is 2.16. The van der Waals surface area contributed by atoms with Crippen LogP contribution in [0.5, 0.6) is 0 Å². The summed E-state index contributed by atoms with van der Waals surface area (Å²) >= 11 is 0. The lowest BCUT2D eigenvalue weighted by molar-refractivity contribution is 0.196. The second-order valence-corrected chi connectivity index (χ2v) is 4.90. The fraction of sp³-hybridized carbons (Fsp3) is 0.400. The molecular formula is C10H13FO3S. The van der Waals surface area contributed by atoms with Crippen LogP contribution in [0.15, 0.2) is 24.3 Å². The Bertz CT molecular complexity index is 428. The third-order valence-corrected chi connectivity index (χ3v) is 2.89. The minimum Gasteiger partial charge on any atom is -0.392 e. The van der Waals surface area contributed by atoms with E-state index in [-0.39, 0.29) is 6.42 Å². The number of aryl methyl sites for hydroxylation is 1. The second kappa shape index (κ2) is 4.72. The van der Waals surface area contributed by atoms with E-state index < -0.39 is 22.1 Å². The highest BCUT2D eigenvalue weighted by Crippen LogP contribution is 2.11. The number of rotatable bonds is 4. The average molecular weight is 232 g/mol. The van der Waals surface area contributed by atoms with Crippen LogP contribution in [-0.2, 0) is 16.6 Å². The lowest BCUT2D eigenvalue weighted by atomic mass is 10.0. The summed E-state index contributed by atoms with van der Waals surface area (Å²) < 4.78 is 32.8. The van der Waals surface area contributed by atoms with Gasteiger partial charge in [0, 0.05) is 0 Å². The van der Waals surface area contributed by atoms with Gasteiger partial charge in [-0.3, -0.25) is 0 Å². The molecule has 3 nitrogen and oxygen atoms in total. The summed E-state index contributed by atoms with van der Waals surface area (Å²) in [6.07, 6.45) is -1.04. The molecule has 0 spiro atoms.